The third kappa shape index (κ3) is 4.21. The molecular formula is C23H24N4O2. The molecule has 0 radical (unpaired) electrons. The molecule has 0 aliphatic heterocycles. The second-order valence-corrected chi connectivity index (χ2v) is 8.52. The Balaban J connectivity index is 1.65. The molecule has 2 heterocycles. The van der Waals surface area contributed by atoms with Crippen LogP contribution in [0.15, 0.2) is 53.1 Å². The minimum Gasteiger partial charge on any atom is -0.436 e. The fourth-order valence-corrected chi connectivity index (χ4v) is 3.25. The summed E-state index contributed by atoms with van der Waals surface area (Å²) in [7, 11) is 0. The molecule has 0 bridgehead atoms. The van der Waals surface area contributed by atoms with Crippen LogP contribution in [0.1, 0.15) is 32.8 Å². The van der Waals surface area contributed by atoms with Gasteiger partial charge in [-0.15, -0.1) is 0 Å². The number of carbonyl (C=O) groups excluding carboxylic acids is 1. The number of hydrogen-bond acceptors (Lipinski definition) is 4. The number of benzene rings is 2. The zero-order valence-corrected chi connectivity index (χ0v) is 17.0. The second-order valence-electron chi connectivity index (χ2n) is 8.52. The molecule has 4 aromatic rings. The number of H-pyrrole nitrogens is 1. The van der Waals surface area contributed by atoms with E-state index in [0.717, 1.165) is 39.2 Å². The fourth-order valence-electron chi connectivity index (χ4n) is 3.25. The van der Waals surface area contributed by atoms with Crippen LogP contribution < -0.4 is 5.32 Å². The van der Waals surface area contributed by atoms with E-state index in [1.807, 2.05) is 70.2 Å². The molecule has 0 aliphatic rings. The van der Waals surface area contributed by atoms with Crippen molar-refractivity contribution < 1.29 is 9.21 Å². The summed E-state index contributed by atoms with van der Waals surface area (Å²) in [5.41, 5.74) is 5.80. The van der Waals surface area contributed by atoms with Gasteiger partial charge in [-0.05, 0) is 42.2 Å². The molecule has 0 saturated carbocycles. The van der Waals surface area contributed by atoms with Crippen molar-refractivity contribution in [3.8, 4) is 22.7 Å². The summed E-state index contributed by atoms with van der Waals surface area (Å²) < 4.78 is 5.96. The van der Waals surface area contributed by atoms with Gasteiger partial charge in [0.2, 0.25) is 11.8 Å². The predicted octanol–water partition coefficient (Wildman–Crippen LogP) is 5.57. The minimum atomic E-state index is -0.0659. The summed E-state index contributed by atoms with van der Waals surface area (Å²) >= 11 is 0. The first-order chi connectivity index (χ1) is 13.8. The first kappa shape index (κ1) is 18.9. The number of aromatic amines is 1. The summed E-state index contributed by atoms with van der Waals surface area (Å²) in [4.78, 5) is 16.9. The molecule has 148 valence electrons. The van der Waals surface area contributed by atoms with E-state index in [-0.39, 0.29) is 11.3 Å². The largest absolute Gasteiger partial charge is 0.436 e. The highest BCUT2D eigenvalue weighted by molar-refractivity contribution is 5.92. The van der Waals surface area contributed by atoms with E-state index < -0.39 is 0 Å². The molecular weight excluding hydrogens is 364 g/mol. The van der Waals surface area contributed by atoms with Gasteiger partial charge in [0.1, 0.15) is 5.52 Å². The number of hydrogen-bond donors (Lipinski definition) is 2. The van der Waals surface area contributed by atoms with Crippen LogP contribution in [0.25, 0.3) is 33.8 Å². The molecule has 2 N–H and O–H groups in total. The SMILES string of the molecule is Cc1ccc2nc(-c3cn[nH]c3-c3cccc(NC(=O)CC(C)(C)C)c3)oc2c1. The second kappa shape index (κ2) is 7.20. The Morgan fingerprint density at radius 3 is 2.79 bits per heavy atom. The Bertz CT molecular complexity index is 1180. The maximum absolute atomic E-state index is 12.3. The van der Waals surface area contributed by atoms with Crippen molar-refractivity contribution in [2.24, 2.45) is 5.41 Å². The maximum Gasteiger partial charge on any atom is 0.231 e. The van der Waals surface area contributed by atoms with Gasteiger partial charge in [-0.1, -0.05) is 39.0 Å². The molecule has 6 heteroatoms. The molecule has 0 spiro atoms. The summed E-state index contributed by atoms with van der Waals surface area (Å²) in [6.07, 6.45) is 2.16. The number of nitrogens with one attached hydrogen (secondary N) is 2. The van der Waals surface area contributed by atoms with E-state index in [2.05, 4.69) is 20.5 Å². The van der Waals surface area contributed by atoms with Gasteiger partial charge in [-0.25, -0.2) is 4.98 Å². The Morgan fingerprint density at radius 2 is 2.00 bits per heavy atom. The van der Waals surface area contributed by atoms with E-state index in [9.17, 15) is 4.79 Å². The van der Waals surface area contributed by atoms with E-state index in [1.54, 1.807) is 6.20 Å². The average molecular weight is 388 g/mol. The number of aryl methyl sites for hydroxylation is 1. The lowest BCUT2D eigenvalue weighted by molar-refractivity contribution is -0.117. The first-order valence-electron chi connectivity index (χ1n) is 9.60. The number of anilines is 1. The van der Waals surface area contributed by atoms with Crippen molar-refractivity contribution in [1.82, 2.24) is 15.2 Å². The van der Waals surface area contributed by atoms with Crippen LogP contribution in [0, 0.1) is 12.3 Å². The normalized spacial score (nSPS) is 11.7. The highest BCUT2D eigenvalue weighted by atomic mass is 16.3. The van der Waals surface area contributed by atoms with Gasteiger partial charge in [-0.2, -0.15) is 5.10 Å². The molecule has 0 aliphatic carbocycles. The lowest BCUT2D eigenvalue weighted by Gasteiger charge is -2.17. The monoisotopic (exact) mass is 388 g/mol. The van der Waals surface area contributed by atoms with Crippen molar-refractivity contribution in [2.45, 2.75) is 34.1 Å². The summed E-state index contributed by atoms with van der Waals surface area (Å²) in [6, 6.07) is 13.6. The highest BCUT2D eigenvalue weighted by Gasteiger charge is 2.18. The van der Waals surface area contributed by atoms with Crippen molar-refractivity contribution in [2.75, 3.05) is 5.32 Å². The third-order valence-corrected chi connectivity index (χ3v) is 4.54. The zero-order chi connectivity index (χ0) is 20.6. The maximum atomic E-state index is 12.3. The van der Waals surface area contributed by atoms with Crippen molar-refractivity contribution in [3.05, 3.63) is 54.2 Å². The molecule has 2 aromatic carbocycles. The number of aromatic nitrogens is 3. The summed E-state index contributed by atoms with van der Waals surface area (Å²) in [5, 5.41) is 10.2. The standard InChI is InChI=1S/C23H24N4O2/c1-14-8-9-18-19(10-14)29-22(26-18)17-13-24-27-21(17)15-6-5-7-16(11-15)25-20(28)12-23(2,3)4/h5-11,13H,12H2,1-4H3,(H,24,27)(H,25,28). The molecule has 0 atom stereocenters. The van der Waals surface area contributed by atoms with Crippen molar-refractivity contribution in [3.63, 3.8) is 0 Å². The van der Waals surface area contributed by atoms with Crippen LogP contribution in [0.2, 0.25) is 0 Å². The molecule has 0 saturated heterocycles. The highest BCUT2D eigenvalue weighted by Crippen LogP contribution is 2.33. The Labute approximate surface area is 169 Å². The van der Waals surface area contributed by atoms with Gasteiger partial charge in [0.05, 0.1) is 17.5 Å². The van der Waals surface area contributed by atoms with Gasteiger partial charge in [0, 0.05) is 17.7 Å². The number of oxazole rings is 1. The number of nitrogens with zero attached hydrogens (tertiary/aromatic N) is 2. The van der Waals surface area contributed by atoms with Gasteiger partial charge in [0.15, 0.2) is 5.58 Å². The topological polar surface area (TPSA) is 83.8 Å². The lowest BCUT2D eigenvalue weighted by atomic mass is 9.92. The van der Waals surface area contributed by atoms with Crippen molar-refractivity contribution >= 4 is 22.7 Å². The minimum absolute atomic E-state index is 0.00574. The fraction of sp³-hybridized carbons (Fsp3) is 0.261. The molecule has 4 rings (SSSR count). The number of rotatable bonds is 4. The van der Waals surface area contributed by atoms with Crippen LogP contribution in [0.4, 0.5) is 5.69 Å². The summed E-state index contributed by atoms with van der Waals surface area (Å²) in [5.74, 6) is 0.505. The molecule has 29 heavy (non-hydrogen) atoms. The first-order valence-corrected chi connectivity index (χ1v) is 9.60. The van der Waals surface area contributed by atoms with Crippen LogP contribution in [0.5, 0.6) is 0 Å². The average Bonchev–Trinajstić information content (AvgIpc) is 3.26. The zero-order valence-electron chi connectivity index (χ0n) is 17.0. The Kier molecular flexibility index (Phi) is 4.70. The molecule has 0 unspecified atom stereocenters. The van der Waals surface area contributed by atoms with E-state index >= 15 is 0 Å². The van der Waals surface area contributed by atoms with Crippen LogP contribution in [-0.2, 0) is 4.79 Å². The van der Waals surface area contributed by atoms with Gasteiger partial charge < -0.3 is 9.73 Å². The van der Waals surface area contributed by atoms with E-state index in [4.69, 9.17) is 4.42 Å². The lowest BCUT2D eigenvalue weighted by Crippen LogP contribution is -2.19. The van der Waals surface area contributed by atoms with Crippen LogP contribution in [0.3, 0.4) is 0 Å². The van der Waals surface area contributed by atoms with Gasteiger partial charge >= 0.3 is 0 Å². The quantitative estimate of drug-likeness (QED) is 0.479. The van der Waals surface area contributed by atoms with E-state index in [0.29, 0.717) is 12.3 Å². The van der Waals surface area contributed by atoms with Gasteiger partial charge in [-0.3, -0.25) is 9.89 Å². The Morgan fingerprint density at radius 1 is 1.17 bits per heavy atom. The summed E-state index contributed by atoms with van der Waals surface area (Å²) in [6.45, 7) is 8.15. The molecule has 1 amide bonds. The van der Waals surface area contributed by atoms with Gasteiger partial charge in [0.25, 0.3) is 0 Å². The smallest absolute Gasteiger partial charge is 0.231 e. The van der Waals surface area contributed by atoms with E-state index in [1.165, 1.54) is 0 Å². The number of fused-ring (bicyclic) bond motifs is 1. The van der Waals surface area contributed by atoms with Crippen LogP contribution >= 0.6 is 0 Å². The third-order valence-electron chi connectivity index (χ3n) is 4.54. The van der Waals surface area contributed by atoms with Crippen LogP contribution in [-0.4, -0.2) is 21.1 Å². The molecule has 2 aromatic heterocycles. The molecule has 0 fully saturated rings. The predicted molar refractivity (Wildman–Crippen MR) is 114 cm³/mol. The van der Waals surface area contributed by atoms with Crippen molar-refractivity contribution in [1.29, 1.82) is 0 Å². The Hall–Kier alpha value is -3.41. The molecule has 6 nitrogen and oxygen atoms in total. The number of carbonyl (C=O) groups is 1. The number of amides is 1.